The first kappa shape index (κ1) is 8.84. The molecule has 0 aliphatic rings. The van der Waals surface area contributed by atoms with Gasteiger partial charge in [0.05, 0.1) is 0 Å². The van der Waals surface area contributed by atoms with E-state index in [9.17, 15) is 4.79 Å². The zero-order chi connectivity index (χ0) is 7.28. The molecule has 0 amide bonds. The van der Waals surface area contributed by atoms with E-state index in [2.05, 4.69) is 0 Å². The summed E-state index contributed by atoms with van der Waals surface area (Å²) in [6.07, 6.45) is 0. The summed E-state index contributed by atoms with van der Waals surface area (Å²) in [6, 6.07) is -0.699. The Balaban J connectivity index is 3.27. The summed E-state index contributed by atoms with van der Waals surface area (Å²) in [7, 11) is 1.97. The first-order chi connectivity index (χ1) is 4.18. The van der Waals surface area contributed by atoms with Gasteiger partial charge < -0.3 is 10.8 Å². The highest BCUT2D eigenvalue weighted by molar-refractivity contribution is 8.00. The van der Waals surface area contributed by atoms with Crippen molar-refractivity contribution in [1.82, 2.24) is 0 Å². The third kappa shape index (κ3) is 4.35. The highest BCUT2D eigenvalue weighted by Crippen LogP contribution is 1.97. The van der Waals surface area contributed by atoms with Crippen LogP contribution in [0, 0.1) is 0 Å². The van der Waals surface area contributed by atoms with E-state index in [1.165, 1.54) is 11.8 Å². The van der Waals surface area contributed by atoms with Crippen LogP contribution in [0.3, 0.4) is 0 Å². The predicted molar refractivity (Wildman–Crippen MR) is 41.5 cm³/mol. The van der Waals surface area contributed by atoms with Crippen LogP contribution in [0.15, 0.2) is 0 Å². The standard InChI is InChI=1S/C4H10BNO2S/c5-2-9-1-3(6)4(7)8/h3H,1-2,5-6H2,(H,7,8)/t3-/m0/s1. The van der Waals surface area contributed by atoms with Crippen molar-refractivity contribution in [3.8, 4) is 0 Å². The lowest BCUT2D eigenvalue weighted by atomic mass is 10.2. The molecule has 0 aliphatic carbocycles. The number of hydrogen-bond donors (Lipinski definition) is 2. The molecule has 0 rings (SSSR count). The third-order valence-electron chi connectivity index (χ3n) is 0.819. The summed E-state index contributed by atoms with van der Waals surface area (Å²) in [4.78, 5) is 10.1. The second kappa shape index (κ2) is 4.70. The van der Waals surface area contributed by atoms with Crippen molar-refractivity contribution in [2.24, 2.45) is 5.73 Å². The monoisotopic (exact) mass is 147 g/mol. The minimum absolute atomic E-state index is 0.506. The van der Waals surface area contributed by atoms with Gasteiger partial charge in [0.1, 0.15) is 13.9 Å². The minimum atomic E-state index is -0.920. The van der Waals surface area contributed by atoms with Crippen molar-refractivity contribution in [3.05, 3.63) is 0 Å². The van der Waals surface area contributed by atoms with E-state index >= 15 is 0 Å². The molecule has 5 heteroatoms. The molecule has 0 fully saturated rings. The van der Waals surface area contributed by atoms with Gasteiger partial charge in [-0.3, -0.25) is 4.79 Å². The Morgan fingerprint density at radius 2 is 2.44 bits per heavy atom. The molecule has 0 aromatic carbocycles. The Hall–Kier alpha value is -0.155. The molecule has 0 unspecified atom stereocenters. The zero-order valence-electron chi connectivity index (χ0n) is 5.33. The van der Waals surface area contributed by atoms with Gasteiger partial charge in [-0.25, -0.2) is 0 Å². The van der Waals surface area contributed by atoms with Crippen molar-refractivity contribution < 1.29 is 9.90 Å². The van der Waals surface area contributed by atoms with Gasteiger partial charge in [0.15, 0.2) is 0 Å². The van der Waals surface area contributed by atoms with Crippen molar-refractivity contribution >= 4 is 25.6 Å². The van der Waals surface area contributed by atoms with Gasteiger partial charge in [0.2, 0.25) is 0 Å². The highest BCUT2D eigenvalue weighted by Gasteiger charge is 2.09. The van der Waals surface area contributed by atoms with Crippen LogP contribution in [0.25, 0.3) is 0 Å². The van der Waals surface area contributed by atoms with Crippen LogP contribution in [0.5, 0.6) is 0 Å². The molecule has 0 aromatic rings. The maximum atomic E-state index is 10.1. The topological polar surface area (TPSA) is 63.3 Å². The number of thioether (sulfide) groups is 1. The van der Waals surface area contributed by atoms with Crippen molar-refractivity contribution in [1.29, 1.82) is 0 Å². The number of carboxylic acid groups (broad SMARTS) is 1. The summed E-state index contributed by atoms with van der Waals surface area (Å²) in [5.74, 6) is -0.415. The highest BCUT2D eigenvalue weighted by atomic mass is 32.2. The first-order valence-corrected chi connectivity index (χ1v) is 3.90. The predicted octanol–water partition coefficient (Wildman–Crippen LogP) is -1.28. The Morgan fingerprint density at radius 1 is 1.89 bits per heavy atom. The molecule has 3 N–H and O–H groups in total. The fraction of sp³-hybridized carbons (Fsp3) is 0.750. The van der Waals surface area contributed by atoms with Crippen LogP contribution in [0.1, 0.15) is 0 Å². The number of hydrogen-bond acceptors (Lipinski definition) is 3. The molecule has 0 bridgehead atoms. The molecule has 0 aromatic heterocycles. The van der Waals surface area contributed by atoms with Crippen LogP contribution in [-0.2, 0) is 4.79 Å². The van der Waals surface area contributed by atoms with Gasteiger partial charge in [0.25, 0.3) is 0 Å². The Morgan fingerprint density at radius 3 is 2.78 bits per heavy atom. The molecule has 0 saturated heterocycles. The van der Waals surface area contributed by atoms with E-state index in [0.29, 0.717) is 5.75 Å². The van der Waals surface area contributed by atoms with Gasteiger partial charge in [-0.2, -0.15) is 11.8 Å². The van der Waals surface area contributed by atoms with Crippen LogP contribution < -0.4 is 5.73 Å². The number of carbonyl (C=O) groups is 1. The van der Waals surface area contributed by atoms with E-state index in [1.807, 2.05) is 7.85 Å². The molecule has 3 nitrogen and oxygen atoms in total. The average molecular weight is 147 g/mol. The van der Waals surface area contributed by atoms with Crippen molar-refractivity contribution in [2.75, 3.05) is 11.4 Å². The molecule has 0 aliphatic heterocycles. The van der Waals surface area contributed by atoms with E-state index in [0.717, 1.165) is 5.65 Å². The molecule has 0 saturated carbocycles. The number of rotatable bonds is 4. The van der Waals surface area contributed by atoms with Gasteiger partial charge in [0, 0.05) is 5.75 Å². The summed E-state index contributed by atoms with van der Waals surface area (Å²) in [6.45, 7) is 0. The maximum Gasteiger partial charge on any atom is 0.321 e. The molecule has 0 heterocycles. The molecular formula is C4H10BNO2S. The Bertz CT molecular complexity index is 101. The SMILES string of the molecule is BCSC[C@H](N)C(=O)O. The quantitative estimate of drug-likeness (QED) is 0.486. The second-order valence-corrected chi connectivity index (χ2v) is 2.92. The molecule has 52 valence electrons. The first-order valence-electron chi connectivity index (χ1n) is 2.74. The maximum absolute atomic E-state index is 10.1. The van der Waals surface area contributed by atoms with Crippen LogP contribution in [0.4, 0.5) is 0 Å². The van der Waals surface area contributed by atoms with E-state index in [4.69, 9.17) is 10.8 Å². The zero-order valence-corrected chi connectivity index (χ0v) is 6.15. The Labute approximate surface area is 59.4 Å². The summed E-state index contributed by atoms with van der Waals surface area (Å²) < 4.78 is 0. The lowest BCUT2D eigenvalue weighted by molar-refractivity contribution is -0.137. The fourth-order valence-electron chi connectivity index (χ4n) is 0.316. The number of carboxylic acids is 1. The van der Waals surface area contributed by atoms with Crippen LogP contribution in [0.2, 0.25) is 0 Å². The lowest BCUT2D eigenvalue weighted by Crippen LogP contribution is -2.32. The summed E-state index contributed by atoms with van der Waals surface area (Å²) in [5, 5.41) is 8.27. The molecule has 9 heavy (non-hydrogen) atoms. The molecule has 0 radical (unpaired) electrons. The van der Waals surface area contributed by atoms with Crippen molar-refractivity contribution in [2.45, 2.75) is 6.04 Å². The van der Waals surface area contributed by atoms with Crippen LogP contribution >= 0.6 is 11.8 Å². The Kier molecular flexibility index (Phi) is 4.62. The van der Waals surface area contributed by atoms with E-state index in [-0.39, 0.29) is 0 Å². The molecular weight excluding hydrogens is 137 g/mol. The smallest absolute Gasteiger partial charge is 0.321 e. The largest absolute Gasteiger partial charge is 0.480 e. The summed E-state index contributed by atoms with van der Waals surface area (Å²) in [5.41, 5.74) is 6.10. The number of nitrogens with two attached hydrogens (primary N) is 1. The fourth-order valence-corrected chi connectivity index (χ4v) is 0.948. The summed E-state index contributed by atoms with van der Waals surface area (Å²) >= 11 is 1.54. The van der Waals surface area contributed by atoms with Gasteiger partial charge in [-0.05, 0) is 5.65 Å². The second-order valence-electron chi connectivity index (χ2n) is 1.60. The van der Waals surface area contributed by atoms with Gasteiger partial charge in [-0.1, -0.05) is 0 Å². The van der Waals surface area contributed by atoms with E-state index < -0.39 is 12.0 Å². The number of aliphatic carboxylic acids is 1. The van der Waals surface area contributed by atoms with Gasteiger partial charge in [-0.15, -0.1) is 0 Å². The van der Waals surface area contributed by atoms with Gasteiger partial charge >= 0.3 is 5.97 Å². The van der Waals surface area contributed by atoms with E-state index in [1.54, 1.807) is 0 Å². The van der Waals surface area contributed by atoms with Crippen molar-refractivity contribution in [3.63, 3.8) is 0 Å². The third-order valence-corrected chi connectivity index (χ3v) is 1.82. The minimum Gasteiger partial charge on any atom is -0.480 e. The normalized spacial score (nSPS) is 13.0. The molecule has 0 spiro atoms. The average Bonchev–Trinajstić information content (AvgIpc) is 1.82. The van der Waals surface area contributed by atoms with Crippen LogP contribution in [-0.4, -0.2) is 36.4 Å². The molecule has 1 atom stereocenters. The lowest BCUT2D eigenvalue weighted by Gasteiger charge is -2.02.